The molecule has 0 saturated heterocycles. The van der Waals surface area contributed by atoms with Crippen LogP contribution in [-0.2, 0) is 9.53 Å². The molecule has 0 spiro atoms. The third kappa shape index (κ3) is 2.98. The van der Waals surface area contributed by atoms with Gasteiger partial charge in [0.2, 0.25) is 0 Å². The van der Waals surface area contributed by atoms with E-state index in [0.717, 1.165) is 26.0 Å². The molecule has 0 fully saturated rings. The van der Waals surface area contributed by atoms with Gasteiger partial charge in [-0.15, -0.1) is 0 Å². The zero-order valence-electron chi connectivity index (χ0n) is 10.1. The molecule has 1 aromatic carbocycles. The predicted octanol–water partition coefficient (Wildman–Crippen LogP) is 0.713. The molecule has 0 radical (unpaired) electrons. The lowest BCUT2D eigenvalue weighted by molar-refractivity contribution is -0.341. The number of carbonyl (C=O) groups is 2. The highest BCUT2D eigenvalue weighted by Gasteiger charge is 2.51. The average molecular weight is 273 g/mol. The number of hydrogen-bond acceptors (Lipinski definition) is 5. The van der Waals surface area contributed by atoms with E-state index in [-0.39, 0.29) is 11.3 Å². The highest BCUT2D eigenvalue weighted by Crippen LogP contribution is 2.32. The van der Waals surface area contributed by atoms with E-state index in [0.29, 0.717) is 0 Å². The fourth-order valence-corrected chi connectivity index (χ4v) is 1.20. The smallest absolute Gasteiger partial charge is 0.338 e. The van der Waals surface area contributed by atoms with Gasteiger partial charge in [0, 0.05) is 0 Å². The van der Waals surface area contributed by atoms with Crippen LogP contribution in [0.25, 0.3) is 0 Å². The van der Waals surface area contributed by atoms with Crippen LogP contribution in [0.3, 0.4) is 0 Å². The first kappa shape index (κ1) is 14.9. The number of ether oxygens (including phenoxy) is 1. The van der Waals surface area contributed by atoms with Crippen LogP contribution in [-0.4, -0.2) is 28.6 Å². The van der Waals surface area contributed by atoms with E-state index in [1.165, 1.54) is 12.1 Å². The van der Waals surface area contributed by atoms with Crippen molar-refractivity contribution in [1.82, 2.24) is 0 Å². The summed E-state index contributed by atoms with van der Waals surface area (Å²) in [5.74, 6) is -8.21. The van der Waals surface area contributed by atoms with Crippen molar-refractivity contribution in [2.45, 2.75) is 25.4 Å². The van der Waals surface area contributed by atoms with Gasteiger partial charge in [-0.25, -0.2) is 4.79 Å². The molecule has 0 aliphatic heterocycles. The monoisotopic (exact) mass is 273 g/mol. The third-order valence-electron chi connectivity index (χ3n) is 2.46. The summed E-state index contributed by atoms with van der Waals surface area (Å²) >= 11 is 0. The van der Waals surface area contributed by atoms with Crippen molar-refractivity contribution in [2.24, 2.45) is 0 Å². The maximum atomic E-state index is 13.3. The SMILES string of the molecule is CC(C)(OC(=O)c1ccc(O)cc1)C(F)(F)C(=O)[O-]. The van der Waals surface area contributed by atoms with Gasteiger partial charge < -0.3 is 19.7 Å². The zero-order valence-corrected chi connectivity index (χ0v) is 10.1. The van der Waals surface area contributed by atoms with E-state index in [2.05, 4.69) is 4.74 Å². The number of halogens is 2. The largest absolute Gasteiger partial charge is 0.544 e. The summed E-state index contributed by atoms with van der Waals surface area (Å²) in [5.41, 5.74) is -2.67. The molecule has 7 heteroatoms. The number of phenolic OH excluding ortho intramolecular Hbond substituents is 1. The molecule has 19 heavy (non-hydrogen) atoms. The van der Waals surface area contributed by atoms with Crippen LogP contribution in [0.1, 0.15) is 24.2 Å². The Morgan fingerprint density at radius 1 is 1.21 bits per heavy atom. The lowest BCUT2D eigenvalue weighted by atomic mass is 10.0. The lowest BCUT2D eigenvalue weighted by Gasteiger charge is -2.33. The topological polar surface area (TPSA) is 86.7 Å². The first-order valence-electron chi connectivity index (χ1n) is 5.19. The van der Waals surface area contributed by atoms with Crippen LogP contribution in [0.2, 0.25) is 0 Å². The van der Waals surface area contributed by atoms with Crippen LogP contribution < -0.4 is 5.11 Å². The van der Waals surface area contributed by atoms with Crippen molar-refractivity contribution >= 4 is 11.9 Å². The molecular weight excluding hydrogens is 262 g/mol. The summed E-state index contributed by atoms with van der Waals surface area (Å²) in [6, 6.07) is 4.65. The molecule has 0 unspecified atom stereocenters. The minimum atomic E-state index is -4.33. The maximum Gasteiger partial charge on any atom is 0.338 e. The summed E-state index contributed by atoms with van der Waals surface area (Å²) in [6.07, 6.45) is 0. The molecule has 0 aromatic heterocycles. The standard InChI is InChI=1S/C12H12F2O5/c1-11(2,12(13,14)10(17)18)19-9(16)7-3-5-8(15)6-4-7/h3-6,15H,1-2H3,(H,17,18)/p-1. The molecule has 1 N–H and O–H groups in total. The third-order valence-corrected chi connectivity index (χ3v) is 2.46. The van der Waals surface area contributed by atoms with E-state index < -0.39 is 23.5 Å². The summed E-state index contributed by atoms with van der Waals surface area (Å²) in [6.45, 7) is 1.53. The molecule has 1 rings (SSSR count). The van der Waals surface area contributed by atoms with Crippen LogP contribution in [0.4, 0.5) is 8.78 Å². The normalized spacial score (nSPS) is 12.0. The number of hydrogen-bond donors (Lipinski definition) is 1. The molecular formula is C12H11F2O5-. The number of esters is 1. The van der Waals surface area contributed by atoms with Gasteiger partial charge >= 0.3 is 11.9 Å². The summed E-state index contributed by atoms with van der Waals surface area (Å²) in [5, 5.41) is 19.4. The Labute approximate surface area is 107 Å². The Morgan fingerprint density at radius 3 is 2.11 bits per heavy atom. The zero-order chi connectivity index (χ0) is 14.8. The van der Waals surface area contributed by atoms with Gasteiger partial charge in [0.25, 0.3) is 0 Å². The van der Waals surface area contributed by atoms with Crippen LogP contribution >= 0.6 is 0 Å². The number of aliphatic carboxylic acids is 1. The highest BCUT2D eigenvalue weighted by molar-refractivity contribution is 5.90. The first-order valence-corrected chi connectivity index (χ1v) is 5.19. The van der Waals surface area contributed by atoms with E-state index in [9.17, 15) is 23.5 Å². The second kappa shape index (κ2) is 4.83. The minimum Gasteiger partial charge on any atom is -0.544 e. The second-order valence-corrected chi connectivity index (χ2v) is 4.31. The Morgan fingerprint density at radius 2 is 1.68 bits per heavy atom. The van der Waals surface area contributed by atoms with Crippen LogP contribution in [0, 0.1) is 0 Å². The molecule has 0 saturated carbocycles. The van der Waals surface area contributed by atoms with Crippen molar-refractivity contribution in [3.05, 3.63) is 29.8 Å². The van der Waals surface area contributed by atoms with Crippen molar-refractivity contribution in [3.8, 4) is 5.75 Å². The van der Waals surface area contributed by atoms with Crippen molar-refractivity contribution < 1.29 is 33.3 Å². The number of carbonyl (C=O) groups excluding carboxylic acids is 2. The molecule has 0 heterocycles. The maximum absolute atomic E-state index is 13.3. The number of aromatic hydroxyl groups is 1. The van der Waals surface area contributed by atoms with Gasteiger partial charge in [0.1, 0.15) is 11.7 Å². The molecule has 0 aliphatic rings. The number of alkyl halides is 2. The molecule has 0 amide bonds. The number of phenols is 1. The first-order chi connectivity index (χ1) is 8.58. The highest BCUT2D eigenvalue weighted by atomic mass is 19.3. The molecule has 0 bridgehead atoms. The van der Waals surface area contributed by atoms with Gasteiger partial charge in [-0.05, 0) is 38.1 Å². The van der Waals surface area contributed by atoms with Crippen molar-refractivity contribution in [2.75, 3.05) is 0 Å². The Kier molecular flexibility index (Phi) is 3.78. The molecule has 1 aromatic rings. The van der Waals surface area contributed by atoms with E-state index in [1.807, 2.05) is 0 Å². The van der Waals surface area contributed by atoms with Gasteiger partial charge in [0.05, 0.1) is 5.56 Å². The quantitative estimate of drug-likeness (QED) is 0.816. The summed E-state index contributed by atoms with van der Waals surface area (Å²) < 4.78 is 31.1. The average Bonchev–Trinajstić information content (AvgIpc) is 2.28. The van der Waals surface area contributed by atoms with Gasteiger partial charge in [-0.1, -0.05) is 0 Å². The molecule has 0 aliphatic carbocycles. The molecule has 104 valence electrons. The van der Waals surface area contributed by atoms with Gasteiger partial charge in [-0.3, -0.25) is 0 Å². The predicted molar refractivity (Wildman–Crippen MR) is 57.6 cm³/mol. The van der Waals surface area contributed by atoms with E-state index in [1.54, 1.807) is 0 Å². The minimum absolute atomic E-state index is 0.0972. The number of rotatable bonds is 4. The van der Waals surface area contributed by atoms with Gasteiger partial charge in [-0.2, -0.15) is 8.78 Å². The van der Waals surface area contributed by atoms with Crippen molar-refractivity contribution in [1.29, 1.82) is 0 Å². The number of carboxylic acids is 1. The summed E-state index contributed by atoms with van der Waals surface area (Å²) in [7, 11) is 0. The number of carboxylic acid groups (broad SMARTS) is 1. The molecule has 0 atom stereocenters. The fourth-order valence-electron chi connectivity index (χ4n) is 1.20. The Hall–Kier alpha value is -2.18. The Balaban J connectivity index is 2.92. The summed E-state index contributed by atoms with van der Waals surface area (Å²) in [4.78, 5) is 21.9. The van der Waals surface area contributed by atoms with Crippen molar-refractivity contribution in [3.63, 3.8) is 0 Å². The second-order valence-electron chi connectivity index (χ2n) is 4.31. The lowest BCUT2D eigenvalue weighted by Crippen LogP contribution is -2.57. The van der Waals surface area contributed by atoms with E-state index >= 15 is 0 Å². The van der Waals surface area contributed by atoms with E-state index in [4.69, 9.17) is 5.11 Å². The van der Waals surface area contributed by atoms with Crippen LogP contribution in [0.5, 0.6) is 5.75 Å². The van der Waals surface area contributed by atoms with Gasteiger partial charge in [0.15, 0.2) is 5.60 Å². The fraction of sp³-hybridized carbons (Fsp3) is 0.333. The Bertz CT molecular complexity index is 493. The number of benzene rings is 1. The molecule has 5 nitrogen and oxygen atoms in total. The van der Waals surface area contributed by atoms with Crippen LogP contribution in [0.15, 0.2) is 24.3 Å².